The first-order chi connectivity index (χ1) is 11.3. The minimum absolute atomic E-state index is 0.158. The molecule has 5 heteroatoms. The van der Waals surface area contributed by atoms with Crippen LogP contribution in [0.2, 0.25) is 0 Å². The Morgan fingerprint density at radius 2 is 1.92 bits per heavy atom. The highest BCUT2D eigenvalue weighted by Crippen LogP contribution is 2.28. The van der Waals surface area contributed by atoms with Crippen LogP contribution in [0.25, 0.3) is 11.0 Å². The zero-order valence-corrected chi connectivity index (χ0v) is 15.5. The van der Waals surface area contributed by atoms with Gasteiger partial charge >= 0.3 is 0 Å². The van der Waals surface area contributed by atoms with Gasteiger partial charge in [0.1, 0.15) is 11.3 Å². The number of fused-ring (bicyclic) bond motifs is 1. The highest BCUT2D eigenvalue weighted by molar-refractivity contribution is 5.99. The molecule has 5 nitrogen and oxygen atoms in total. The first-order valence-corrected chi connectivity index (χ1v) is 8.56. The standard InChI is InChI=1S/C19H28N2O3/c1-12(2)21(13(3)4)10-9-20-19(22)18-14(5)16-11-15(23-6)7-8-17(16)24-18/h7-8,11-13H,9-10H2,1-6H3,(H,20,22)/p+1. The summed E-state index contributed by atoms with van der Waals surface area (Å²) in [6.45, 7) is 12.2. The lowest BCUT2D eigenvalue weighted by molar-refractivity contribution is -0.941. The molecule has 0 aliphatic heterocycles. The van der Waals surface area contributed by atoms with E-state index in [1.807, 2.05) is 25.1 Å². The Balaban J connectivity index is 2.07. The molecule has 24 heavy (non-hydrogen) atoms. The Bertz CT molecular complexity index is 696. The summed E-state index contributed by atoms with van der Waals surface area (Å²) >= 11 is 0. The lowest BCUT2D eigenvalue weighted by Gasteiger charge is -2.27. The molecule has 0 saturated carbocycles. The number of quaternary nitrogens is 1. The number of rotatable bonds is 7. The zero-order chi connectivity index (χ0) is 17.9. The van der Waals surface area contributed by atoms with Crippen LogP contribution >= 0.6 is 0 Å². The monoisotopic (exact) mass is 333 g/mol. The van der Waals surface area contributed by atoms with Gasteiger partial charge in [-0.2, -0.15) is 0 Å². The predicted octanol–water partition coefficient (Wildman–Crippen LogP) is 2.18. The molecule has 0 bridgehead atoms. The van der Waals surface area contributed by atoms with E-state index in [2.05, 4.69) is 33.0 Å². The predicted molar refractivity (Wildman–Crippen MR) is 95.9 cm³/mol. The Morgan fingerprint density at radius 3 is 2.50 bits per heavy atom. The van der Waals surface area contributed by atoms with Crippen molar-refractivity contribution in [2.45, 2.75) is 46.7 Å². The molecule has 0 radical (unpaired) electrons. The molecule has 2 rings (SSSR count). The van der Waals surface area contributed by atoms with Crippen LogP contribution in [-0.4, -0.2) is 38.2 Å². The van der Waals surface area contributed by atoms with E-state index in [9.17, 15) is 4.79 Å². The highest BCUT2D eigenvalue weighted by atomic mass is 16.5. The van der Waals surface area contributed by atoms with Gasteiger partial charge in [-0.15, -0.1) is 0 Å². The normalized spacial score (nSPS) is 11.7. The summed E-state index contributed by atoms with van der Waals surface area (Å²) in [6.07, 6.45) is 0. The zero-order valence-electron chi connectivity index (χ0n) is 15.5. The van der Waals surface area contributed by atoms with Gasteiger partial charge in [-0.25, -0.2) is 0 Å². The van der Waals surface area contributed by atoms with Gasteiger partial charge < -0.3 is 19.4 Å². The second-order valence-electron chi connectivity index (χ2n) is 6.81. The molecule has 0 spiro atoms. The van der Waals surface area contributed by atoms with Crippen LogP contribution < -0.4 is 15.0 Å². The molecule has 132 valence electrons. The van der Waals surface area contributed by atoms with E-state index in [4.69, 9.17) is 9.15 Å². The average Bonchev–Trinajstić information content (AvgIpc) is 2.87. The number of amides is 1. The van der Waals surface area contributed by atoms with E-state index in [-0.39, 0.29) is 5.91 Å². The SMILES string of the molecule is COc1ccc2oc(C(=O)NCC[NH+](C(C)C)C(C)C)c(C)c2c1. The summed E-state index contributed by atoms with van der Waals surface area (Å²) in [5.74, 6) is 0.981. The van der Waals surface area contributed by atoms with E-state index < -0.39 is 0 Å². The number of ether oxygens (including phenoxy) is 1. The largest absolute Gasteiger partial charge is 0.497 e. The highest BCUT2D eigenvalue weighted by Gasteiger charge is 2.20. The number of carbonyl (C=O) groups excluding carboxylic acids is 1. The lowest BCUT2D eigenvalue weighted by Crippen LogP contribution is -3.18. The summed E-state index contributed by atoms with van der Waals surface area (Å²) < 4.78 is 11.0. The van der Waals surface area contributed by atoms with Crippen molar-refractivity contribution in [3.05, 3.63) is 29.5 Å². The second kappa shape index (κ2) is 7.71. The Morgan fingerprint density at radius 1 is 1.25 bits per heavy atom. The van der Waals surface area contributed by atoms with Gasteiger partial charge in [0.15, 0.2) is 5.76 Å². The number of methoxy groups -OCH3 is 1. The maximum absolute atomic E-state index is 12.5. The number of aryl methyl sites for hydroxylation is 1. The van der Waals surface area contributed by atoms with E-state index in [1.165, 1.54) is 4.90 Å². The fourth-order valence-corrected chi connectivity index (χ4v) is 3.19. The van der Waals surface area contributed by atoms with E-state index in [0.29, 0.717) is 30.0 Å². The van der Waals surface area contributed by atoms with Crippen molar-refractivity contribution in [1.29, 1.82) is 0 Å². The third-order valence-corrected chi connectivity index (χ3v) is 4.53. The maximum Gasteiger partial charge on any atom is 0.287 e. The molecule has 0 fully saturated rings. The van der Waals surface area contributed by atoms with Crippen LogP contribution in [0.15, 0.2) is 22.6 Å². The van der Waals surface area contributed by atoms with Crippen molar-refractivity contribution in [1.82, 2.24) is 5.32 Å². The molecule has 0 saturated heterocycles. The van der Waals surface area contributed by atoms with Gasteiger partial charge in [-0.3, -0.25) is 4.79 Å². The van der Waals surface area contributed by atoms with Crippen molar-refractivity contribution in [3.63, 3.8) is 0 Å². The van der Waals surface area contributed by atoms with Crippen molar-refractivity contribution < 1.29 is 18.8 Å². The summed E-state index contributed by atoms with van der Waals surface area (Å²) in [5.41, 5.74) is 1.55. The second-order valence-corrected chi connectivity index (χ2v) is 6.81. The summed E-state index contributed by atoms with van der Waals surface area (Å²) in [7, 11) is 1.63. The minimum Gasteiger partial charge on any atom is -0.497 e. The lowest BCUT2D eigenvalue weighted by atomic mass is 10.1. The fourth-order valence-electron chi connectivity index (χ4n) is 3.19. The third kappa shape index (κ3) is 3.90. The van der Waals surface area contributed by atoms with Gasteiger partial charge in [-0.05, 0) is 52.8 Å². The third-order valence-electron chi connectivity index (χ3n) is 4.53. The van der Waals surface area contributed by atoms with E-state index in [1.54, 1.807) is 7.11 Å². The smallest absolute Gasteiger partial charge is 0.287 e. The van der Waals surface area contributed by atoms with Crippen LogP contribution in [0.5, 0.6) is 5.75 Å². The molecule has 0 unspecified atom stereocenters. The topological polar surface area (TPSA) is 55.9 Å². The molecule has 0 atom stereocenters. The molecule has 0 aliphatic rings. The number of furan rings is 1. The molecule has 0 aliphatic carbocycles. The Kier molecular flexibility index (Phi) is 5.89. The first kappa shape index (κ1) is 18.3. The van der Waals surface area contributed by atoms with E-state index >= 15 is 0 Å². The summed E-state index contributed by atoms with van der Waals surface area (Å²) in [6, 6.07) is 6.62. The fraction of sp³-hybridized carbons (Fsp3) is 0.526. The van der Waals surface area contributed by atoms with Gasteiger partial charge in [-0.1, -0.05) is 0 Å². The maximum atomic E-state index is 12.5. The van der Waals surface area contributed by atoms with Crippen LogP contribution in [-0.2, 0) is 0 Å². The average molecular weight is 333 g/mol. The molecule has 1 heterocycles. The number of carbonyl (C=O) groups is 1. The molecule has 2 aromatic rings. The molecule has 1 aromatic heterocycles. The quantitative estimate of drug-likeness (QED) is 0.816. The van der Waals surface area contributed by atoms with Gasteiger partial charge in [0, 0.05) is 10.9 Å². The molecule has 1 aromatic carbocycles. The van der Waals surface area contributed by atoms with Gasteiger partial charge in [0.25, 0.3) is 5.91 Å². The van der Waals surface area contributed by atoms with Crippen LogP contribution in [0, 0.1) is 6.92 Å². The number of hydrogen-bond donors (Lipinski definition) is 2. The van der Waals surface area contributed by atoms with Crippen LogP contribution in [0.3, 0.4) is 0 Å². The Labute approximate surface area is 144 Å². The number of hydrogen-bond acceptors (Lipinski definition) is 3. The Hall–Kier alpha value is -2.01. The molecule has 2 N–H and O–H groups in total. The molecule has 1 amide bonds. The first-order valence-electron chi connectivity index (χ1n) is 8.56. The summed E-state index contributed by atoms with van der Waals surface area (Å²) in [5, 5.41) is 3.90. The number of nitrogens with one attached hydrogen (secondary N) is 2. The molecular weight excluding hydrogens is 304 g/mol. The van der Waals surface area contributed by atoms with Gasteiger partial charge in [0.05, 0.1) is 32.3 Å². The van der Waals surface area contributed by atoms with Crippen molar-refractivity contribution >= 4 is 16.9 Å². The summed E-state index contributed by atoms with van der Waals surface area (Å²) in [4.78, 5) is 13.9. The van der Waals surface area contributed by atoms with Crippen molar-refractivity contribution in [3.8, 4) is 5.75 Å². The van der Waals surface area contributed by atoms with Gasteiger partial charge in [0.2, 0.25) is 0 Å². The van der Waals surface area contributed by atoms with Crippen LogP contribution in [0.1, 0.15) is 43.8 Å². The van der Waals surface area contributed by atoms with Crippen molar-refractivity contribution in [2.24, 2.45) is 0 Å². The van der Waals surface area contributed by atoms with E-state index in [0.717, 1.165) is 23.2 Å². The van der Waals surface area contributed by atoms with Crippen molar-refractivity contribution in [2.75, 3.05) is 20.2 Å². The minimum atomic E-state index is -0.158. The number of benzene rings is 1. The molecular formula is C19H29N2O3+. The van der Waals surface area contributed by atoms with Crippen LogP contribution in [0.4, 0.5) is 0 Å².